The predicted molar refractivity (Wildman–Crippen MR) is 93.3 cm³/mol. The van der Waals surface area contributed by atoms with Crippen molar-refractivity contribution in [3.05, 3.63) is 33.7 Å². The second kappa shape index (κ2) is 6.79. The lowest BCUT2D eigenvalue weighted by Crippen LogP contribution is -2.32. The first-order valence-corrected chi connectivity index (χ1v) is 9.75. The third-order valence-corrected chi connectivity index (χ3v) is 6.80. The van der Waals surface area contributed by atoms with Gasteiger partial charge < -0.3 is 9.94 Å². The lowest BCUT2D eigenvalue weighted by atomic mass is 9.78. The molecule has 2 unspecified atom stereocenters. The van der Waals surface area contributed by atoms with E-state index in [0.29, 0.717) is 36.0 Å². The Hall–Kier alpha value is -2.28. The Morgan fingerprint density at radius 2 is 2.08 bits per heavy atom. The van der Waals surface area contributed by atoms with Crippen molar-refractivity contribution in [2.45, 2.75) is 49.5 Å². The number of hydrogen-bond acceptors (Lipinski definition) is 7. The molecule has 0 aromatic heterocycles. The van der Waals surface area contributed by atoms with Crippen molar-refractivity contribution in [1.29, 1.82) is 0 Å². The van der Waals surface area contributed by atoms with E-state index in [-0.39, 0.29) is 22.8 Å². The van der Waals surface area contributed by atoms with Gasteiger partial charge in [0.25, 0.3) is 0 Å². The minimum Gasteiger partial charge on any atom is -0.399 e. The zero-order chi connectivity index (χ0) is 19.1. The molecular weight excluding hydrogens is 358 g/mol. The monoisotopic (exact) mass is 377 g/mol. The number of oxime groups is 1. The number of benzene rings is 1. The van der Waals surface area contributed by atoms with Crippen LogP contribution in [0.3, 0.4) is 0 Å². The summed E-state index contributed by atoms with van der Waals surface area (Å²) in [4.78, 5) is 27.8. The molecule has 1 aliphatic heterocycles. The lowest BCUT2D eigenvalue weighted by molar-refractivity contribution is -0.125. The smallest absolute Gasteiger partial charge is 0.214 e. The zero-order valence-corrected chi connectivity index (χ0v) is 15.3. The second-order valence-corrected chi connectivity index (χ2v) is 8.42. The molecule has 1 aliphatic carbocycles. The summed E-state index contributed by atoms with van der Waals surface area (Å²) in [5.41, 5.74) is 1.74. The third-order valence-electron chi connectivity index (χ3n) is 5.00. The molecule has 1 N–H and O–H groups in total. The predicted octanol–water partition coefficient (Wildman–Crippen LogP) is 1.44. The van der Waals surface area contributed by atoms with E-state index in [4.69, 9.17) is 4.84 Å². The molecular formula is C18H19NO6S. The number of carbonyl (C=O) groups is 1. The normalized spacial score (nSPS) is 26.3. The van der Waals surface area contributed by atoms with Gasteiger partial charge in [-0.15, -0.1) is 0 Å². The molecule has 8 heteroatoms. The Kier molecular flexibility index (Phi) is 4.84. The van der Waals surface area contributed by atoms with Crippen LogP contribution in [0.25, 0.3) is 0 Å². The topological polar surface area (TPSA) is 110 Å². The van der Waals surface area contributed by atoms with Gasteiger partial charge in [0, 0.05) is 18.4 Å². The molecule has 1 heterocycles. The van der Waals surface area contributed by atoms with Crippen LogP contribution in [0, 0.1) is 6.92 Å². The number of allylic oxidation sites excluding steroid dienone is 1. The van der Waals surface area contributed by atoms with Gasteiger partial charge in [0.2, 0.25) is 9.84 Å². The molecule has 0 bridgehead atoms. The SMILES string of the molecule is CON=C1CC(=C=O)S(=O)(=O)c2ccc(C3C(=O)CCCC3O)c(C)c21. The van der Waals surface area contributed by atoms with Crippen molar-refractivity contribution in [3.8, 4) is 0 Å². The Morgan fingerprint density at radius 1 is 1.35 bits per heavy atom. The van der Waals surface area contributed by atoms with Crippen LogP contribution >= 0.6 is 0 Å². The first-order chi connectivity index (χ1) is 12.3. The summed E-state index contributed by atoms with van der Waals surface area (Å²) < 4.78 is 25.3. The van der Waals surface area contributed by atoms with Gasteiger partial charge in [-0.05, 0) is 37.0 Å². The first-order valence-electron chi connectivity index (χ1n) is 8.26. The van der Waals surface area contributed by atoms with E-state index in [2.05, 4.69) is 5.16 Å². The summed E-state index contributed by atoms with van der Waals surface area (Å²) in [6.07, 6.45) is 0.508. The fourth-order valence-corrected chi connectivity index (χ4v) is 5.26. The first kappa shape index (κ1) is 18.5. The van der Waals surface area contributed by atoms with Crippen LogP contribution < -0.4 is 0 Å². The highest BCUT2D eigenvalue weighted by Gasteiger charge is 2.39. The Balaban J connectivity index is 2.27. The largest absolute Gasteiger partial charge is 0.399 e. The number of Topliss-reactive ketones (excluding diaryl/α,β-unsaturated/α-hetero) is 1. The van der Waals surface area contributed by atoms with Crippen molar-refractivity contribution >= 4 is 27.3 Å². The number of ketones is 1. The summed E-state index contributed by atoms with van der Waals surface area (Å²) in [7, 11) is -2.64. The zero-order valence-electron chi connectivity index (χ0n) is 14.5. The minimum absolute atomic E-state index is 0.0584. The maximum Gasteiger partial charge on any atom is 0.214 e. The van der Waals surface area contributed by atoms with Crippen molar-refractivity contribution < 1.29 is 28.0 Å². The van der Waals surface area contributed by atoms with Crippen LogP contribution in [-0.2, 0) is 24.3 Å². The number of sulfone groups is 1. The number of carbonyl (C=O) groups excluding carboxylic acids is 2. The number of aliphatic hydroxyl groups excluding tert-OH is 1. The number of rotatable bonds is 2. The van der Waals surface area contributed by atoms with E-state index >= 15 is 0 Å². The molecule has 1 fully saturated rings. The summed E-state index contributed by atoms with van der Waals surface area (Å²) in [5.74, 6) is 0.727. The molecule has 7 nitrogen and oxygen atoms in total. The maximum absolute atomic E-state index is 12.6. The van der Waals surface area contributed by atoms with E-state index in [1.54, 1.807) is 13.0 Å². The van der Waals surface area contributed by atoms with Crippen molar-refractivity contribution in [2.75, 3.05) is 7.11 Å². The molecule has 2 atom stereocenters. The summed E-state index contributed by atoms with van der Waals surface area (Å²) in [6, 6.07) is 2.91. The summed E-state index contributed by atoms with van der Waals surface area (Å²) in [5, 5.41) is 14.2. The molecule has 1 saturated carbocycles. The van der Waals surface area contributed by atoms with Gasteiger partial charge in [0.05, 0.1) is 22.6 Å². The average Bonchev–Trinajstić information content (AvgIpc) is 2.58. The molecule has 1 aromatic rings. The van der Waals surface area contributed by atoms with Crippen molar-refractivity contribution in [2.24, 2.45) is 5.16 Å². The van der Waals surface area contributed by atoms with Gasteiger partial charge in [0.15, 0.2) is 0 Å². The molecule has 1 aromatic carbocycles. The number of nitrogens with zero attached hydrogens (tertiary/aromatic N) is 1. The molecule has 0 saturated heterocycles. The Bertz CT molecular complexity index is 956. The summed E-state index contributed by atoms with van der Waals surface area (Å²) in [6.45, 7) is 1.69. The highest BCUT2D eigenvalue weighted by molar-refractivity contribution is 7.95. The van der Waals surface area contributed by atoms with E-state index < -0.39 is 26.8 Å². The van der Waals surface area contributed by atoms with Crippen molar-refractivity contribution in [1.82, 2.24) is 0 Å². The van der Waals surface area contributed by atoms with E-state index in [9.17, 15) is 23.1 Å². The maximum atomic E-state index is 12.6. The highest BCUT2D eigenvalue weighted by Crippen LogP contribution is 2.39. The van der Waals surface area contributed by atoms with E-state index in [1.807, 2.05) is 0 Å². The standard InChI is InChI=1S/C18H19NO6S/c1-10-12(18-14(21)4-3-5-15(18)22)6-7-16-17(10)13(19-25-2)8-11(9-20)26(16,23)24/h6-7,14,18,21H,3-5,8H2,1-2H3. The van der Waals surface area contributed by atoms with Crippen LogP contribution in [0.2, 0.25) is 0 Å². The molecule has 3 rings (SSSR count). The van der Waals surface area contributed by atoms with Gasteiger partial charge in [-0.25, -0.2) is 13.2 Å². The number of hydrogen-bond donors (Lipinski definition) is 1. The molecule has 0 radical (unpaired) electrons. The molecule has 0 amide bonds. The van der Waals surface area contributed by atoms with Gasteiger partial charge in [-0.2, -0.15) is 0 Å². The summed E-state index contributed by atoms with van der Waals surface area (Å²) >= 11 is 0. The van der Waals surface area contributed by atoms with Gasteiger partial charge >= 0.3 is 0 Å². The average molecular weight is 377 g/mol. The van der Waals surface area contributed by atoms with Crippen molar-refractivity contribution in [3.63, 3.8) is 0 Å². The highest BCUT2D eigenvalue weighted by atomic mass is 32.2. The van der Waals surface area contributed by atoms with Gasteiger partial charge in [-0.1, -0.05) is 11.2 Å². The molecule has 138 valence electrons. The quantitative estimate of drug-likeness (QED) is 0.617. The third kappa shape index (κ3) is 2.80. The second-order valence-electron chi connectivity index (χ2n) is 6.48. The van der Waals surface area contributed by atoms with Crippen LogP contribution in [0.4, 0.5) is 0 Å². The minimum atomic E-state index is -3.97. The van der Waals surface area contributed by atoms with Crippen LogP contribution in [-0.4, -0.2) is 44.2 Å². The molecule has 2 aliphatic rings. The Labute approximate surface area is 151 Å². The van der Waals surface area contributed by atoms with E-state index in [0.717, 1.165) is 0 Å². The lowest BCUT2D eigenvalue weighted by Gasteiger charge is -2.30. The Morgan fingerprint density at radius 3 is 2.69 bits per heavy atom. The molecule has 0 spiro atoms. The number of aliphatic hydroxyl groups is 1. The van der Waals surface area contributed by atoms with E-state index in [1.165, 1.54) is 19.1 Å². The van der Waals surface area contributed by atoms with Gasteiger partial charge in [0.1, 0.15) is 23.7 Å². The van der Waals surface area contributed by atoms with Crippen LogP contribution in [0.5, 0.6) is 0 Å². The van der Waals surface area contributed by atoms with Crippen LogP contribution in [0.1, 0.15) is 48.3 Å². The fraction of sp³-hybridized carbons (Fsp3) is 0.444. The fourth-order valence-electron chi connectivity index (χ4n) is 3.77. The van der Waals surface area contributed by atoms with Crippen LogP contribution in [0.15, 0.2) is 27.1 Å². The molecule has 26 heavy (non-hydrogen) atoms. The number of fused-ring (bicyclic) bond motifs is 1. The van der Waals surface area contributed by atoms with Gasteiger partial charge in [-0.3, -0.25) is 4.79 Å².